The highest BCUT2D eigenvalue weighted by Gasteiger charge is 1.84. The lowest BCUT2D eigenvalue weighted by molar-refractivity contribution is 0.806. The van der Waals surface area contributed by atoms with Gasteiger partial charge in [0.05, 0.1) is 0 Å². The van der Waals surface area contributed by atoms with Crippen molar-refractivity contribution in [3.05, 3.63) is 24.8 Å². The van der Waals surface area contributed by atoms with Crippen LogP contribution in [0.1, 0.15) is 33.1 Å². The monoisotopic (exact) mass is 138 g/mol. The quantitative estimate of drug-likeness (QED) is 0.402. The zero-order valence-corrected chi connectivity index (χ0v) is 7.14. The van der Waals surface area contributed by atoms with E-state index < -0.39 is 0 Å². The van der Waals surface area contributed by atoms with Crippen molar-refractivity contribution in [3.63, 3.8) is 0 Å². The molecule has 0 bridgehead atoms. The minimum absolute atomic E-state index is 0.539. The van der Waals surface area contributed by atoms with Crippen LogP contribution >= 0.6 is 0 Å². The van der Waals surface area contributed by atoms with Gasteiger partial charge in [0.1, 0.15) is 0 Å². The lowest BCUT2D eigenvalue weighted by Crippen LogP contribution is -1.79. The molecule has 0 rings (SSSR count). The topological polar surface area (TPSA) is 0 Å². The van der Waals surface area contributed by atoms with Crippen LogP contribution in [0.4, 0.5) is 0 Å². The van der Waals surface area contributed by atoms with E-state index in [0.717, 1.165) is 0 Å². The summed E-state index contributed by atoms with van der Waals surface area (Å²) in [5.41, 5.74) is 0. The van der Waals surface area contributed by atoms with Gasteiger partial charge in [-0.1, -0.05) is 44.9 Å². The van der Waals surface area contributed by atoms with Gasteiger partial charge in [-0.25, -0.2) is 0 Å². The van der Waals surface area contributed by atoms with Crippen LogP contribution < -0.4 is 0 Å². The van der Waals surface area contributed by atoms with Crippen LogP contribution in [-0.4, -0.2) is 0 Å². The maximum absolute atomic E-state index is 3.71. The van der Waals surface area contributed by atoms with Crippen molar-refractivity contribution in [1.29, 1.82) is 0 Å². The molecule has 0 heteroatoms. The number of allylic oxidation sites excluding steroid dienone is 3. The van der Waals surface area contributed by atoms with E-state index >= 15 is 0 Å². The molecule has 0 aromatic carbocycles. The summed E-state index contributed by atoms with van der Waals surface area (Å²) >= 11 is 0. The van der Waals surface area contributed by atoms with Crippen molar-refractivity contribution in [2.24, 2.45) is 5.92 Å². The fourth-order valence-corrected chi connectivity index (χ4v) is 0.711. The van der Waals surface area contributed by atoms with Crippen LogP contribution in [0.25, 0.3) is 0 Å². The van der Waals surface area contributed by atoms with Crippen LogP contribution in [0.15, 0.2) is 24.8 Å². The average Bonchev–Trinajstić information content (AvgIpc) is 1.98. The third-order valence-electron chi connectivity index (χ3n) is 1.54. The predicted octanol–water partition coefficient (Wildman–Crippen LogP) is 3.55. The normalized spacial score (nSPS) is 13.8. The maximum Gasteiger partial charge on any atom is -0.00846 e. The van der Waals surface area contributed by atoms with Crippen LogP contribution in [0.2, 0.25) is 0 Å². The molecule has 0 aliphatic rings. The Labute approximate surface area is 64.6 Å². The molecule has 1 atom stereocenters. The number of rotatable bonds is 5. The van der Waals surface area contributed by atoms with Crippen LogP contribution in [0.5, 0.6) is 0 Å². The summed E-state index contributed by atoms with van der Waals surface area (Å²) in [4.78, 5) is 0. The minimum atomic E-state index is 0.539. The fraction of sp³-hybridized carbons (Fsp3) is 0.600. The summed E-state index contributed by atoms with van der Waals surface area (Å²) in [6.07, 6.45) is 10.2. The van der Waals surface area contributed by atoms with Gasteiger partial charge in [-0.15, -0.1) is 6.58 Å². The first-order chi connectivity index (χ1) is 4.81. The first-order valence-electron chi connectivity index (χ1n) is 4.10. The lowest BCUT2D eigenvalue weighted by Gasteiger charge is -1.94. The molecule has 1 unspecified atom stereocenters. The van der Waals surface area contributed by atoms with Gasteiger partial charge >= 0.3 is 0 Å². The van der Waals surface area contributed by atoms with Gasteiger partial charge in [0, 0.05) is 0 Å². The Hall–Kier alpha value is -0.520. The summed E-state index contributed by atoms with van der Waals surface area (Å²) in [6.45, 7) is 8.07. The Kier molecular flexibility index (Phi) is 6.25. The predicted molar refractivity (Wildman–Crippen MR) is 48.0 cm³/mol. The highest BCUT2D eigenvalue weighted by atomic mass is 13.9. The minimum Gasteiger partial charge on any atom is -0.102 e. The Bertz CT molecular complexity index is 101. The number of hydrogen-bond acceptors (Lipinski definition) is 0. The van der Waals surface area contributed by atoms with Gasteiger partial charge in [0.25, 0.3) is 0 Å². The Morgan fingerprint density at radius 3 is 2.70 bits per heavy atom. The summed E-state index contributed by atoms with van der Waals surface area (Å²) < 4.78 is 0. The molecule has 10 heavy (non-hydrogen) atoms. The van der Waals surface area contributed by atoms with E-state index in [2.05, 4.69) is 32.6 Å². The summed E-state index contributed by atoms with van der Waals surface area (Å²) in [5.74, 6) is 0.539. The van der Waals surface area contributed by atoms with Crippen molar-refractivity contribution >= 4 is 0 Å². The first-order valence-corrected chi connectivity index (χ1v) is 4.10. The van der Waals surface area contributed by atoms with E-state index in [0.29, 0.717) is 5.92 Å². The second kappa shape index (κ2) is 6.60. The van der Waals surface area contributed by atoms with Crippen molar-refractivity contribution in [3.8, 4) is 0 Å². The zero-order valence-electron chi connectivity index (χ0n) is 7.14. The van der Waals surface area contributed by atoms with Crippen molar-refractivity contribution in [2.45, 2.75) is 33.1 Å². The van der Waals surface area contributed by atoms with Gasteiger partial charge < -0.3 is 0 Å². The Balaban J connectivity index is 3.26. The van der Waals surface area contributed by atoms with E-state index in [1.165, 1.54) is 19.3 Å². The summed E-state index contributed by atoms with van der Waals surface area (Å²) in [5, 5.41) is 0. The van der Waals surface area contributed by atoms with E-state index in [9.17, 15) is 0 Å². The van der Waals surface area contributed by atoms with Gasteiger partial charge in [-0.2, -0.15) is 0 Å². The molecule has 0 radical (unpaired) electrons. The number of hydrogen-bond donors (Lipinski definition) is 0. The second-order valence-electron chi connectivity index (χ2n) is 2.67. The summed E-state index contributed by atoms with van der Waals surface area (Å²) in [6, 6.07) is 0. The molecule has 0 fully saturated rings. The molecular formula is C10H18. The lowest BCUT2D eigenvalue weighted by atomic mass is 10.1. The third kappa shape index (κ3) is 5.61. The molecule has 0 aromatic heterocycles. The molecule has 0 heterocycles. The maximum atomic E-state index is 3.71. The zero-order chi connectivity index (χ0) is 7.82. The molecule has 0 aliphatic heterocycles. The summed E-state index contributed by atoms with van der Waals surface area (Å²) in [7, 11) is 0. The molecule has 0 amide bonds. The molecule has 0 saturated heterocycles. The first kappa shape index (κ1) is 9.48. The molecule has 0 nitrogen and oxygen atoms in total. The van der Waals surface area contributed by atoms with Crippen molar-refractivity contribution < 1.29 is 0 Å². The third-order valence-corrected chi connectivity index (χ3v) is 1.54. The van der Waals surface area contributed by atoms with Crippen LogP contribution in [-0.2, 0) is 0 Å². The second-order valence-corrected chi connectivity index (χ2v) is 2.67. The molecule has 0 aromatic rings. The van der Waals surface area contributed by atoms with Crippen molar-refractivity contribution in [2.75, 3.05) is 0 Å². The van der Waals surface area contributed by atoms with Gasteiger partial charge in [-0.3, -0.25) is 0 Å². The fourth-order valence-electron chi connectivity index (χ4n) is 0.711. The van der Waals surface area contributed by atoms with E-state index in [-0.39, 0.29) is 0 Å². The van der Waals surface area contributed by atoms with Crippen LogP contribution in [0, 0.1) is 5.92 Å². The Morgan fingerprint density at radius 1 is 1.50 bits per heavy atom. The van der Waals surface area contributed by atoms with Gasteiger partial charge in [-0.05, 0) is 12.3 Å². The van der Waals surface area contributed by atoms with Crippen molar-refractivity contribution in [1.82, 2.24) is 0 Å². The molecule has 0 spiro atoms. The molecular weight excluding hydrogens is 120 g/mol. The van der Waals surface area contributed by atoms with E-state index in [4.69, 9.17) is 0 Å². The van der Waals surface area contributed by atoms with Crippen LogP contribution in [0.3, 0.4) is 0 Å². The number of unbranched alkanes of at least 4 members (excludes halogenated alkanes) is 2. The van der Waals surface area contributed by atoms with Gasteiger partial charge in [0.2, 0.25) is 0 Å². The standard InChI is InChI=1S/C10H18/c1-4-6-7-8-9-10(3)5-2/h5,8-10H,2,4,6-7H2,1,3H3/b9-8+. The molecule has 0 saturated carbocycles. The highest BCUT2D eigenvalue weighted by molar-refractivity contribution is 4.94. The van der Waals surface area contributed by atoms with Gasteiger partial charge in [0.15, 0.2) is 0 Å². The molecule has 0 N–H and O–H groups in total. The smallest absolute Gasteiger partial charge is 0.00846 e. The highest BCUT2D eigenvalue weighted by Crippen LogP contribution is 2.01. The Morgan fingerprint density at radius 2 is 2.20 bits per heavy atom. The molecule has 0 aliphatic carbocycles. The van der Waals surface area contributed by atoms with E-state index in [1.807, 2.05) is 6.08 Å². The largest absolute Gasteiger partial charge is 0.102 e. The van der Waals surface area contributed by atoms with E-state index in [1.54, 1.807) is 0 Å². The average molecular weight is 138 g/mol. The molecule has 58 valence electrons. The SMILES string of the molecule is C=CC(C)/C=C/CCCC.